The van der Waals surface area contributed by atoms with Crippen LogP contribution in [0, 0.1) is 0 Å². The molecule has 0 spiro atoms. The summed E-state index contributed by atoms with van der Waals surface area (Å²) in [4.78, 5) is 43.9. The fourth-order valence-electron chi connectivity index (χ4n) is 4.30. The number of piperidine rings is 1. The Kier molecular flexibility index (Phi) is 8.38. The van der Waals surface area contributed by atoms with Crippen molar-refractivity contribution in [2.75, 3.05) is 24.2 Å². The molecule has 1 aliphatic heterocycles. The summed E-state index contributed by atoms with van der Waals surface area (Å²) in [6.45, 7) is 2.96. The lowest BCUT2D eigenvalue weighted by atomic mass is 9.98. The van der Waals surface area contributed by atoms with E-state index < -0.39 is 5.97 Å². The zero-order chi connectivity index (χ0) is 21.5. The van der Waals surface area contributed by atoms with E-state index in [-0.39, 0.29) is 29.8 Å². The number of rotatable bonds is 6. The van der Waals surface area contributed by atoms with Gasteiger partial charge in [-0.15, -0.1) is 11.8 Å². The molecule has 8 nitrogen and oxygen atoms in total. The van der Waals surface area contributed by atoms with Gasteiger partial charge in [-0.25, -0.2) is 9.78 Å². The quantitative estimate of drug-likeness (QED) is 0.499. The van der Waals surface area contributed by atoms with Crippen LogP contribution in [-0.4, -0.2) is 68.7 Å². The molecule has 3 amide bonds. The average molecular weight is 455 g/mol. The largest absolute Gasteiger partial charge is 0.481 e. The van der Waals surface area contributed by atoms with E-state index in [1.165, 1.54) is 35.9 Å². The van der Waals surface area contributed by atoms with Crippen molar-refractivity contribution in [3.63, 3.8) is 0 Å². The third-order valence-electron chi connectivity index (χ3n) is 5.79. The first kappa shape index (κ1) is 22.9. The van der Waals surface area contributed by atoms with Crippen molar-refractivity contribution in [1.82, 2.24) is 14.8 Å². The van der Waals surface area contributed by atoms with Gasteiger partial charge in [-0.2, -0.15) is 0 Å². The molecular weight excluding hydrogens is 424 g/mol. The number of carbonyl (C=O) groups is 3. The third kappa shape index (κ3) is 6.34. The molecule has 2 fully saturated rings. The molecule has 0 atom stereocenters. The molecule has 30 heavy (non-hydrogen) atoms. The fraction of sp³-hybridized carbons (Fsp3) is 0.700. The lowest BCUT2D eigenvalue weighted by Gasteiger charge is -2.42. The van der Waals surface area contributed by atoms with Crippen molar-refractivity contribution in [2.24, 2.45) is 0 Å². The van der Waals surface area contributed by atoms with Crippen molar-refractivity contribution in [1.29, 1.82) is 0 Å². The van der Waals surface area contributed by atoms with Gasteiger partial charge in [0.05, 0.1) is 16.2 Å². The smallest absolute Gasteiger partial charge is 0.324 e. The minimum atomic E-state index is -0.879. The molecule has 2 heterocycles. The molecule has 1 saturated heterocycles. The molecule has 1 aromatic heterocycles. The average Bonchev–Trinajstić information content (AvgIpc) is 2.99. The number of nitrogens with zero attached hydrogens (tertiary/aromatic N) is 3. The van der Waals surface area contributed by atoms with E-state index in [1.54, 1.807) is 13.1 Å². The molecule has 0 radical (unpaired) electrons. The number of aliphatic carboxylic acids is 1. The molecule has 10 heteroatoms. The number of carbonyl (C=O) groups excluding carboxylic acids is 2. The van der Waals surface area contributed by atoms with Crippen LogP contribution in [0.15, 0.2) is 10.4 Å². The van der Waals surface area contributed by atoms with Gasteiger partial charge in [-0.05, 0) is 25.7 Å². The van der Waals surface area contributed by atoms with Crippen molar-refractivity contribution < 1.29 is 19.5 Å². The summed E-state index contributed by atoms with van der Waals surface area (Å²) in [5.41, 5.74) is 0. The van der Waals surface area contributed by atoms with Crippen LogP contribution in [-0.2, 0) is 9.59 Å². The topological polar surface area (TPSA) is 103 Å². The molecule has 0 unspecified atom stereocenters. The first-order valence-electron chi connectivity index (χ1n) is 10.6. The Bertz CT molecular complexity index is 741. The first-order chi connectivity index (χ1) is 14.4. The molecule has 2 aliphatic rings. The summed E-state index contributed by atoms with van der Waals surface area (Å²) in [5, 5.41) is 12.3. The van der Waals surface area contributed by atoms with E-state index >= 15 is 0 Å². The van der Waals surface area contributed by atoms with Crippen molar-refractivity contribution in [2.45, 2.75) is 74.6 Å². The van der Waals surface area contributed by atoms with Gasteiger partial charge in [0.2, 0.25) is 5.91 Å². The molecule has 0 aromatic carbocycles. The lowest BCUT2D eigenvalue weighted by Crippen LogP contribution is -2.53. The van der Waals surface area contributed by atoms with Gasteiger partial charge in [-0.3, -0.25) is 14.9 Å². The number of likely N-dealkylation sites (tertiary alicyclic amines) is 1. The Morgan fingerprint density at radius 1 is 1.17 bits per heavy atom. The Hall–Kier alpha value is -1.81. The van der Waals surface area contributed by atoms with Crippen molar-refractivity contribution in [3.05, 3.63) is 6.20 Å². The van der Waals surface area contributed by atoms with E-state index in [1.807, 2.05) is 9.80 Å². The number of nitrogens with one attached hydrogen (secondary N) is 1. The van der Waals surface area contributed by atoms with Gasteiger partial charge >= 0.3 is 12.0 Å². The van der Waals surface area contributed by atoms with Gasteiger partial charge in [0.1, 0.15) is 0 Å². The predicted octanol–water partition coefficient (Wildman–Crippen LogP) is 3.89. The van der Waals surface area contributed by atoms with Crippen LogP contribution in [0.1, 0.15) is 58.3 Å². The second-order valence-electron chi connectivity index (χ2n) is 7.89. The Morgan fingerprint density at radius 3 is 2.40 bits per heavy atom. The van der Waals surface area contributed by atoms with Gasteiger partial charge in [0.25, 0.3) is 0 Å². The number of hydrogen-bond donors (Lipinski definition) is 2. The number of carboxylic acids is 1. The maximum Gasteiger partial charge on any atom is 0.324 e. The number of anilines is 1. The van der Waals surface area contributed by atoms with E-state index in [2.05, 4.69) is 10.3 Å². The maximum absolute atomic E-state index is 13.3. The normalized spacial score (nSPS) is 18.6. The first-order valence-corrected chi connectivity index (χ1v) is 12.4. The minimum absolute atomic E-state index is 0.0293. The van der Waals surface area contributed by atoms with E-state index in [4.69, 9.17) is 5.11 Å². The van der Waals surface area contributed by atoms with Crippen molar-refractivity contribution >= 4 is 46.1 Å². The Balaban J connectivity index is 1.68. The summed E-state index contributed by atoms with van der Waals surface area (Å²) in [5.74, 6) is -0.818. The molecular formula is C20H30N4O4S2. The highest BCUT2D eigenvalue weighted by Gasteiger charge is 2.34. The second-order valence-corrected chi connectivity index (χ2v) is 10.2. The number of carboxylic acid groups (broad SMARTS) is 1. The molecule has 3 rings (SSSR count). The molecule has 1 saturated carbocycles. The summed E-state index contributed by atoms with van der Waals surface area (Å²) in [6, 6.07) is 0.194. The number of aromatic nitrogens is 1. The van der Waals surface area contributed by atoms with E-state index in [9.17, 15) is 14.4 Å². The highest BCUT2D eigenvalue weighted by Crippen LogP contribution is 2.31. The van der Waals surface area contributed by atoms with Gasteiger partial charge in [0.15, 0.2) is 5.13 Å². The Labute approximate surface area is 185 Å². The molecule has 1 aromatic rings. The predicted molar refractivity (Wildman–Crippen MR) is 118 cm³/mol. The summed E-state index contributed by atoms with van der Waals surface area (Å²) >= 11 is 2.50. The van der Waals surface area contributed by atoms with Gasteiger partial charge in [-0.1, -0.05) is 37.0 Å². The highest BCUT2D eigenvalue weighted by atomic mass is 32.2. The summed E-state index contributed by atoms with van der Waals surface area (Å²) in [6.07, 6.45) is 9.91. The number of amides is 3. The van der Waals surface area contributed by atoms with Crippen LogP contribution >= 0.6 is 23.1 Å². The van der Waals surface area contributed by atoms with Crippen LogP contribution in [0.4, 0.5) is 9.93 Å². The third-order valence-corrected chi connectivity index (χ3v) is 7.88. The maximum atomic E-state index is 13.3. The standard InChI is InChI=1S/C20H30N4O4S2/c1-14(25)23-10-8-16(9-11-23)24(15-6-4-2-3-5-7-15)20(28)22-19-21-12-18(30-19)29-13-17(26)27/h12,15-16H,2-11,13H2,1H3,(H,26,27)(H,21,22,28). The molecule has 1 aliphatic carbocycles. The molecule has 166 valence electrons. The minimum Gasteiger partial charge on any atom is -0.481 e. The van der Waals surface area contributed by atoms with E-state index in [0.717, 1.165) is 42.7 Å². The molecule has 0 bridgehead atoms. The van der Waals surface area contributed by atoms with Gasteiger partial charge in [0, 0.05) is 32.1 Å². The lowest BCUT2D eigenvalue weighted by molar-refractivity contribution is -0.134. The van der Waals surface area contributed by atoms with Crippen LogP contribution in [0.5, 0.6) is 0 Å². The van der Waals surface area contributed by atoms with Crippen LogP contribution in [0.3, 0.4) is 0 Å². The number of thioether (sulfide) groups is 1. The van der Waals surface area contributed by atoms with Gasteiger partial charge < -0.3 is 14.9 Å². The zero-order valence-electron chi connectivity index (χ0n) is 17.3. The number of thiazole rings is 1. The SMILES string of the molecule is CC(=O)N1CCC(N(C(=O)Nc2ncc(SCC(=O)O)s2)C2CCCCCC2)CC1. The molecule has 2 N–H and O–H groups in total. The highest BCUT2D eigenvalue weighted by molar-refractivity contribution is 8.01. The van der Waals surface area contributed by atoms with Crippen LogP contribution in [0.25, 0.3) is 0 Å². The summed E-state index contributed by atoms with van der Waals surface area (Å²) < 4.78 is 0.767. The van der Waals surface area contributed by atoms with Crippen LogP contribution < -0.4 is 5.32 Å². The van der Waals surface area contributed by atoms with Crippen LogP contribution in [0.2, 0.25) is 0 Å². The number of urea groups is 1. The van der Waals surface area contributed by atoms with E-state index in [0.29, 0.717) is 18.2 Å². The van der Waals surface area contributed by atoms with Crippen molar-refractivity contribution in [3.8, 4) is 0 Å². The second kappa shape index (κ2) is 11.0. The summed E-state index contributed by atoms with van der Waals surface area (Å²) in [7, 11) is 0. The zero-order valence-corrected chi connectivity index (χ0v) is 19.0. The Morgan fingerprint density at radius 2 is 1.80 bits per heavy atom. The fourth-order valence-corrected chi connectivity index (χ4v) is 5.88. The monoisotopic (exact) mass is 454 g/mol. The number of hydrogen-bond acceptors (Lipinski definition) is 6.